The van der Waals surface area contributed by atoms with E-state index in [1.54, 1.807) is 33.6 Å². The topological polar surface area (TPSA) is 115 Å². The third-order valence-corrected chi connectivity index (χ3v) is 7.04. The van der Waals surface area contributed by atoms with Gasteiger partial charge in [0.05, 0.1) is 24.6 Å². The number of para-hydroxylation sites is 3. The van der Waals surface area contributed by atoms with Crippen molar-refractivity contribution in [3.8, 4) is 11.4 Å². The molecule has 0 radical (unpaired) electrons. The summed E-state index contributed by atoms with van der Waals surface area (Å²) in [6, 6.07) is 23.1. The standard InChI is InChI=1S/C31H31N3O6/c1-20-29(31(38)34(33(20)2)24-8-4-3-5-9-24)23-16-27(30(37)32-25-10-6-7-11-26(25)36)40-28(17-23)39-19-22-14-12-21(18-35)13-15-22/h3-16,23,28,35-36H,17-19H2,1-2H3,(H,32,37)/t23-,28+/m0/s1. The van der Waals surface area contributed by atoms with Crippen molar-refractivity contribution in [2.75, 3.05) is 5.32 Å². The van der Waals surface area contributed by atoms with Crippen LogP contribution in [-0.4, -0.2) is 31.8 Å². The Morgan fingerprint density at radius 1 is 1.02 bits per heavy atom. The summed E-state index contributed by atoms with van der Waals surface area (Å²) >= 11 is 0. The van der Waals surface area contributed by atoms with Crippen LogP contribution in [0.4, 0.5) is 5.69 Å². The molecule has 0 bridgehead atoms. The number of ether oxygens (including phenoxy) is 2. The number of anilines is 1. The Balaban J connectivity index is 1.47. The minimum Gasteiger partial charge on any atom is -0.506 e. The molecule has 0 aliphatic carbocycles. The fourth-order valence-electron chi connectivity index (χ4n) is 4.83. The number of aliphatic hydroxyl groups is 1. The van der Waals surface area contributed by atoms with E-state index >= 15 is 0 Å². The number of hydrogen-bond acceptors (Lipinski definition) is 6. The number of aliphatic hydroxyl groups excluding tert-OH is 1. The SMILES string of the molecule is Cc1c([C@H]2C=C(C(=O)Nc3ccccc3O)O[C@@H](OCc3ccc(CO)cc3)C2)c(=O)n(-c2ccccc2)n1C. The van der Waals surface area contributed by atoms with Gasteiger partial charge in [-0.1, -0.05) is 54.6 Å². The summed E-state index contributed by atoms with van der Waals surface area (Å²) in [6.45, 7) is 2.03. The molecule has 1 aliphatic rings. The van der Waals surface area contributed by atoms with Crippen molar-refractivity contribution < 1.29 is 24.5 Å². The summed E-state index contributed by atoms with van der Waals surface area (Å²) < 4.78 is 15.5. The second kappa shape index (κ2) is 11.6. The highest BCUT2D eigenvalue weighted by Gasteiger charge is 2.33. The Hall–Kier alpha value is -4.60. The van der Waals surface area contributed by atoms with Gasteiger partial charge >= 0.3 is 0 Å². The number of nitrogens with one attached hydrogen (secondary N) is 1. The van der Waals surface area contributed by atoms with E-state index in [0.717, 1.165) is 22.5 Å². The van der Waals surface area contributed by atoms with Gasteiger partial charge in [-0.05, 0) is 48.4 Å². The Kier molecular flexibility index (Phi) is 7.86. The number of aromatic hydroxyl groups is 1. The minimum atomic E-state index is -0.818. The third-order valence-electron chi connectivity index (χ3n) is 7.04. The van der Waals surface area contributed by atoms with Crippen LogP contribution in [0.1, 0.15) is 34.7 Å². The Labute approximate surface area is 231 Å². The fourth-order valence-corrected chi connectivity index (χ4v) is 4.83. The average Bonchev–Trinajstić information content (AvgIpc) is 3.20. The molecule has 206 valence electrons. The zero-order chi connectivity index (χ0) is 28.2. The molecule has 1 aromatic heterocycles. The van der Waals surface area contributed by atoms with E-state index in [1.165, 1.54) is 6.07 Å². The van der Waals surface area contributed by atoms with Gasteiger partial charge in [-0.3, -0.25) is 14.3 Å². The predicted octanol–water partition coefficient (Wildman–Crippen LogP) is 4.25. The molecule has 1 amide bonds. The zero-order valence-electron chi connectivity index (χ0n) is 22.3. The number of nitrogens with zero attached hydrogens (tertiary/aromatic N) is 2. The van der Waals surface area contributed by atoms with Crippen molar-refractivity contribution >= 4 is 11.6 Å². The number of benzene rings is 3. The first-order chi connectivity index (χ1) is 19.4. The number of hydrogen-bond donors (Lipinski definition) is 3. The van der Waals surface area contributed by atoms with Crippen LogP contribution >= 0.6 is 0 Å². The number of carbonyl (C=O) groups excluding carboxylic acids is 1. The highest BCUT2D eigenvalue weighted by atomic mass is 16.7. The molecule has 9 nitrogen and oxygen atoms in total. The van der Waals surface area contributed by atoms with E-state index in [-0.39, 0.29) is 36.0 Å². The second-order valence-corrected chi connectivity index (χ2v) is 9.65. The quantitative estimate of drug-likeness (QED) is 0.287. The lowest BCUT2D eigenvalue weighted by Crippen LogP contribution is -2.31. The molecule has 40 heavy (non-hydrogen) atoms. The van der Waals surface area contributed by atoms with E-state index in [4.69, 9.17) is 9.47 Å². The molecule has 2 heterocycles. The van der Waals surface area contributed by atoms with Crippen LogP contribution in [0.2, 0.25) is 0 Å². The molecule has 0 spiro atoms. The van der Waals surface area contributed by atoms with E-state index in [1.807, 2.05) is 68.6 Å². The Bertz CT molecular complexity index is 1590. The van der Waals surface area contributed by atoms with Gasteiger partial charge in [0.25, 0.3) is 11.5 Å². The molecule has 0 saturated carbocycles. The maximum atomic E-state index is 13.7. The molecule has 9 heteroatoms. The van der Waals surface area contributed by atoms with Crippen LogP contribution in [0.5, 0.6) is 5.75 Å². The first-order valence-electron chi connectivity index (χ1n) is 13.0. The number of rotatable bonds is 8. The van der Waals surface area contributed by atoms with Crippen LogP contribution in [0, 0.1) is 6.92 Å². The van der Waals surface area contributed by atoms with Crippen molar-refractivity contribution in [2.24, 2.45) is 7.05 Å². The zero-order valence-corrected chi connectivity index (χ0v) is 22.3. The first kappa shape index (κ1) is 27.0. The maximum absolute atomic E-state index is 13.7. The number of aromatic nitrogens is 2. The number of phenolic OH excluding ortho intramolecular Hbond substituents is 1. The van der Waals surface area contributed by atoms with Crippen LogP contribution in [0.25, 0.3) is 5.69 Å². The highest BCUT2D eigenvalue weighted by Crippen LogP contribution is 2.33. The molecule has 0 unspecified atom stereocenters. The van der Waals surface area contributed by atoms with Crippen molar-refractivity contribution in [1.82, 2.24) is 9.36 Å². The van der Waals surface area contributed by atoms with Gasteiger partial charge in [-0.2, -0.15) is 0 Å². The number of carbonyl (C=O) groups is 1. The van der Waals surface area contributed by atoms with Crippen molar-refractivity contribution in [3.05, 3.63) is 123 Å². The van der Waals surface area contributed by atoms with Crippen LogP contribution in [0.15, 0.2) is 95.5 Å². The summed E-state index contributed by atoms with van der Waals surface area (Å²) in [5.74, 6) is -1.12. The fraction of sp³-hybridized carbons (Fsp3) is 0.226. The van der Waals surface area contributed by atoms with E-state index in [2.05, 4.69) is 5.32 Å². The number of amides is 1. The molecule has 0 saturated heterocycles. The van der Waals surface area contributed by atoms with Gasteiger partial charge in [-0.25, -0.2) is 4.68 Å². The van der Waals surface area contributed by atoms with Crippen LogP contribution in [-0.2, 0) is 34.5 Å². The number of phenols is 1. The van der Waals surface area contributed by atoms with Gasteiger partial charge in [0.1, 0.15) is 5.75 Å². The predicted molar refractivity (Wildman–Crippen MR) is 150 cm³/mol. The first-order valence-corrected chi connectivity index (χ1v) is 13.0. The van der Waals surface area contributed by atoms with Crippen molar-refractivity contribution in [2.45, 2.75) is 38.8 Å². The maximum Gasteiger partial charge on any atom is 0.290 e. The van der Waals surface area contributed by atoms with E-state index < -0.39 is 18.1 Å². The third kappa shape index (κ3) is 5.56. The molecular weight excluding hydrogens is 510 g/mol. The molecule has 3 aromatic carbocycles. The molecule has 0 fully saturated rings. The second-order valence-electron chi connectivity index (χ2n) is 9.65. The minimum absolute atomic E-state index is 0.00551. The summed E-state index contributed by atoms with van der Waals surface area (Å²) in [5.41, 5.74) is 3.75. The lowest BCUT2D eigenvalue weighted by atomic mass is 9.93. The monoisotopic (exact) mass is 541 g/mol. The lowest BCUT2D eigenvalue weighted by molar-refractivity contribution is -0.147. The smallest absolute Gasteiger partial charge is 0.290 e. The Morgan fingerprint density at radius 2 is 1.70 bits per heavy atom. The molecule has 1 aliphatic heterocycles. The molecule has 3 N–H and O–H groups in total. The van der Waals surface area contributed by atoms with Gasteiger partial charge in [0.2, 0.25) is 6.29 Å². The number of allylic oxidation sites excluding steroid dienone is 1. The molecule has 4 aromatic rings. The average molecular weight is 542 g/mol. The summed E-state index contributed by atoms with van der Waals surface area (Å²) in [6.07, 6.45) is 1.14. The summed E-state index contributed by atoms with van der Waals surface area (Å²) in [4.78, 5) is 27.0. The van der Waals surface area contributed by atoms with Gasteiger partial charge < -0.3 is 25.0 Å². The van der Waals surface area contributed by atoms with Gasteiger partial charge in [0.15, 0.2) is 5.76 Å². The summed E-state index contributed by atoms with van der Waals surface area (Å²) in [5, 5.41) is 22.1. The lowest BCUT2D eigenvalue weighted by Gasteiger charge is -2.29. The largest absolute Gasteiger partial charge is 0.506 e. The van der Waals surface area contributed by atoms with E-state index in [9.17, 15) is 19.8 Å². The summed E-state index contributed by atoms with van der Waals surface area (Å²) in [7, 11) is 1.83. The molecule has 2 atom stereocenters. The van der Waals surface area contributed by atoms with Crippen LogP contribution in [0.3, 0.4) is 0 Å². The molecular formula is C31H31N3O6. The van der Waals surface area contributed by atoms with Crippen molar-refractivity contribution in [1.29, 1.82) is 0 Å². The van der Waals surface area contributed by atoms with Gasteiger partial charge in [0, 0.05) is 30.6 Å². The highest BCUT2D eigenvalue weighted by molar-refractivity contribution is 6.03. The normalized spacial score (nSPS) is 16.7. The van der Waals surface area contributed by atoms with Crippen LogP contribution < -0.4 is 10.9 Å². The molecule has 5 rings (SSSR count). The Morgan fingerprint density at radius 3 is 2.40 bits per heavy atom. The van der Waals surface area contributed by atoms with Crippen molar-refractivity contribution in [3.63, 3.8) is 0 Å². The van der Waals surface area contributed by atoms with Gasteiger partial charge in [-0.15, -0.1) is 0 Å². The van der Waals surface area contributed by atoms with E-state index in [0.29, 0.717) is 12.0 Å².